The molecule has 0 radical (unpaired) electrons. The summed E-state index contributed by atoms with van der Waals surface area (Å²) < 4.78 is 5.55. The first kappa shape index (κ1) is 12.2. The minimum Gasteiger partial charge on any atom is -0.339 e. The Morgan fingerprint density at radius 2 is 2.28 bits per heavy atom. The molecule has 1 aliphatic carbocycles. The Morgan fingerprint density at radius 1 is 1.39 bits per heavy atom. The molecule has 0 bridgehead atoms. The first-order valence-electron chi connectivity index (χ1n) is 7.22. The van der Waals surface area contributed by atoms with E-state index in [1.54, 1.807) is 0 Å². The van der Waals surface area contributed by atoms with Crippen molar-refractivity contribution in [3.8, 4) is 0 Å². The van der Waals surface area contributed by atoms with E-state index in [1.807, 2.05) is 0 Å². The lowest BCUT2D eigenvalue weighted by Crippen LogP contribution is -2.41. The van der Waals surface area contributed by atoms with Gasteiger partial charge in [-0.15, -0.1) is 0 Å². The predicted molar refractivity (Wildman–Crippen MR) is 69.5 cm³/mol. The summed E-state index contributed by atoms with van der Waals surface area (Å²) in [6.07, 6.45) is 6.06. The minimum absolute atomic E-state index is 0.0354. The third-order valence-electron chi connectivity index (χ3n) is 4.62. The Labute approximate surface area is 109 Å². The summed E-state index contributed by atoms with van der Waals surface area (Å²) in [4.78, 5) is 4.70. The molecule has 18 heavy (non-hydrogen) atoms. The minimum atomic E-state index is 0.0354. The molecule has 1 saturated carbocycles. The molecule has 4 nitrogen and oxygen atoms in total. The zero-order valence-electron chi connectivity index (χ0n) is 11.4. The van der Waals surface area contributed by atoms with Gasteiger partial charge >= 0.3 is 0 Å². The number of piperidine rings is 1. The quantitative estimate of drug-likeness (QED) is 0.875. The molecule has 3 rings (SSSR count). The van der Waals surface area contributed by atoms with Gasteiger partial charge in [-0.25, -0.2) is 0 Å². The standard InChI is InChI=1S/C14H23N3O/c1-10-4-5-11(8-10)12-16-13(18-17-12)14(2)6-3-7-15-9-14/h10-11,15H,3-9H2,1-2H3. The number of hydrogen-bond acceptors (Lipinski definition) is 4. The van der Waals surface area contributed by atoms with Gasteiger partial charge in [-0.1, -0.05) is 12.1 Å². The van der Waals surface area contributed by atoms with Gasteiger partial charge in [0.05, 0.1) is 5.41 Å². The molecule has 0 amide bonds. The maximum Gasteiger partial charge on any atom is 0.233 e. The molecule has 1 aromatic rings. The Hall–Kier alpha value is -0.900. The fraction of sp³-hybridized carbons (Fsp3) is 0.857. The van der Waals surface area contributed by atoms with Crippen LogP contribution in [-0.4, -0.2) is 23.2 Å². The summed E-state index contributed by atoms with van der Waals surface area (Å²) in [5.74, 6) is 3.12. The highest BCUT2D eigenvalue weighted by Crippen LogP contribution is 2.38. The van der Waals surface area contributed by atoms with Gasteiger partial charge in [0.25, 0.3) is 0 Å². The number of nitrogens with zero attached hydrogens (tertiary/aromatic N) is 2. The van der Waals surface area contributed by atoms with E-state index in [9.17, 15) is 0 Å². The molecule has 2 aliphatic rings. The van der Waals surface area contributed by atoms with Gasteiger partial charge in [-0.3, -0.25) is 0 Å². The van der Waals surface area contributed by atoms with Crippen LogP contribution in [0.3, 0.4) is 0 Å². The van der Waals surface area contributed by atoms with Crippen molar-refractivity contribution in [1.82, 2.24) is 15.5 Å². The van der Waals surface area contributed by atoms with Crippen molar-refractivity contribution in [2.75, 3.05) is 13.1 Å². The van der Waals surface area contributed by atoms with Gasteiger partial charge in [0.15, 0.2) is 5.82 Å². The maximum atomic E-state index is 5.55. The lowest BCUT2D eigenvalue weighted by molar-refractivity contribution is 0.244. The van der Waals surface area contributed by atoms with Gasteiger partial charge < -0.3 is 9.84 Å². The van der Waals surface area contributed by atoms with E-state index < -0.39 is 0 Å². The second-order valence-electron chi connectivity index (χ2n) is 6.41. The molecule has 1 saturated heterocycles. The van der Waals surface area contributed by atoms with Crippen LogP contribution in [0.15, 0.2) is 4.52 Å². The molecule has 2 fully saturated rings. The first-order valence-corrected chi connectivity index (χ1v) is 7.22. The summed E-state index contributed by atoms with van der Waals surface area (Å²) in [7, 11) is 0. The molecule has 0 spiro atoms. The van der Waals surface area contributed by atoms with E-state index >= 15 is 0 Å². The molecule has 3 atom stereocenters. The monoisotopic (exact) mass is 249 g/mol. The topological polar surface area (TPSA) is 51.0 Å². The highest BCUT2D eigenvalue weighted by atomic mass is 16.5. The average Bonchev–Trinajstić information content (AvgIpc) is 2.98. The Balaban J connectivity index is 1.76. The van der Waals surface area contributed by atoms with Crippen LogP contribution in [0, 0.1) is 5.92 Å². The predicted octanol–water partition coefficient (Wildman–Crippen LogP) is 2.61. The highest BCUT2D eigenvalue weighted by molar-refractivity contribution is 5.08. The van der Waals surface area contributed by atoms with Crippen molar-refractivity contribution in [2.24, 2.45) is 5.92 Å². The molecule has 1 aromatic heterocycles. The van der Waals surface area contributed by atoms with Crippen molar-refractivity contribution in [3.05, 3.63) is 11.7 Å². The second-order valence-corrected chi connectivity index (χ2v) is 6.41. The van der Waals surface area contributed by atoms with E-state index in [1.165, 1.54) is 25.7 Å². The molecule has 2 heterocycles. The summed E-state index contributed by atoms with van der Waals surface area (Å²) in [5.41, 5.74) is 0.0354. The van der Waals surface area contributed by atoms with Gasteiger partial charge in [0.2, 0.25) is 5.89 Å². The summed E-state index contributed by atoms with van der Waals surface area (Å²) >= 11 is 0. The van der Waals surface area contributed by atoms with Crippen LogP contribution in [-0.2, 0) is 5.41 Å². The van der Waals surface area contributed by atoms with Crippen molar-refractivity contribution >= 4 is 0 Å². The fourth-order valence-electron chi connectivity index (χ4n) is 3.33. The number of nitrogens with one attached hydrogen (secondary N) is 1. The van der Waals surface area contributed by atoms with Crippen molar-refractivity contribution in [1.29, 1.82) is 0 Å². The third kappa shape index (κ3) is 2.18. The van der Waals surface area contributed by atoms with Gasteiger partial charge in [-0.2, -0.15) is 4.98 Å². The highest BCUT2D eigenvalue weighted by Gasteiger charge is 2.36. The molecule has 4 heteroatoms. The molecular formula is C14H23N3O. The van der Waals surface area contributed by atoms with Crippen LogP contribution in [0.5, 0.6) is 0 Å². The lowest BCUT2D eigenvalue weighted by Gasteiger charge is -2.30. The zero-order valence-corrected chi connectivity index (χ0v) is 11.4. The van der Waals surface area contributed by atoms with Crippen LogP contribution in [0.4, 0.5) is 0 Å². The van der Waals surface area contributed by atoms with E-state index in [4.69, 9.17) is 9.51 Å². The zero-order chi connectivity index (χ0) is 12.6. The fourth-order valence-corrected chi connectivity index (χ4v) is 3.33. The van der Waals surface area contributed by atoms with Crippen molar-refractivity contribution in [2.45, 2.75) is 57.3 Å². The van der Waals surface area contributed by atoms with Gasteiger partial charge in [0.1, 0.15) is 0 Å². The summed E-state index contributed by atoms with van der Waals surface area (Å²) in [6, 6.07) is 0. The van der Waals surface area contributed by atoms with Crippen LogP contribution in [0.1, 0.15) is 63.6 Å². The molecule has 100 valence electrons. The SMILES string of the molecule is CC1CCC(c2noc(C3(C)CCCNC3)n2)C1. The summed E-state index contributed by atoms with van der Waals surface area (Å²) in [6.45, 7) is 6.60. The second kappa shape index (κ2) is 4.65. The van der Waals surface area contributed by atoms with Gasteiger partial charge in [-0.05, 0) is 51.5 Å². The maximum absolute atomic E-state index is 5.55. The number of rotatable bonds is 2. The van der Waals surface area contributed by atoms with E-state index in [0.29, 0.717) is 5.92 Å². The smallest absolute Gasteiger partial charge is 0.233 e. The van der Waals surface area contributed by atoms with E-state index in [-0.39, 0.29) is 5.41 Å². The largest absolute Gasteiger partial charge is 0.339 e. The van der Waals surface area contributed by atoms with Crippen molar-refractivity contribution < 1.29 is 4.52 Å². The van der Waals surface area contributed by atoms with E-state index in [0.717, 1.165) is 37.1 Å². The Morgan fingerprint density at radius 3 is 2.94 bits per heavy atom. The third-order valence-corrected chi connectivity index (χ3v) is 4.62. The lowest BCUT2D eigenvalue weighted by atomic mass is 9.83. The molecular weight excluding hydrogens is 226 g/mol. The first-order chi connectivity index (χ1) is 8.67. The molecule has 1 aliphatic heterocycles. The number of hydrogen-bond donors (Lipinski definition) is 1. The Bertz CT molecular complexity index is 409. The number of aromatic nitrogens is 2. The van der Waals surface area contributed by atoms with Crippen LogP contribution in [0.2, 0.25) is 0 Å². The normalized spacial score (nSPS) is 37.0. The molecule has 1 N–H and O–H groups in total. The summed E-state index contributed by atoms with van der Waals surface area (Å²) in [5, 5.41) is 7.67. The van der Waals surface area contributed by atoms with E-state index in [2.05, 4.69) is 24.3 Å². The molecule has 0 aromatic carbocycles. The van der Waals surface area contributed by atoms with Crippen LogP contribution < -0.4 is 5.32 Å². The average molecular weight is 249 g/mol. The molecule has 3 unspecified atom stereocenters. The van der Waals surface area contributed by atoms with Crippen LogP contribution >= 0.6 is 0 Å². The Kier molecular flexibility index (Phi) is 3.14. The van der Waals surface area contributed by atoms with Gasteiger partial charge in [0, 0.05) is 12.5 Å². The van der Waals surface area contributed by atoms with Crippen LogP contribution in [0.25, 0.3) is 0 Å². The van der Waals surface area contributed by atoms with Crippen molar-refractivity contribution in [3.63, 3.8) is 0 Å².